The molecule has 6 bridgehead atoms. The van der Waals surface area contributed by atoms with Gasteiger partial charge < -0.3 is 39.4 Å². The summed E-state index contributed by atoms with van der Waals surface area (Å²) in [7, 11) is 3.13. The van der Waals surface area contributed by atoms with Gasteiger partial charge in [-0.05, 0) is 103 Å². The number of aliphatic hydroxyl groups is 1. The second-order valence-electron chi connectivity index (χ2n) is 19.6. The predicted octanol–water partition coefficient (Wildman–Crippen LogP) is 5.90. The summed E-state index contributed by atoms with van der Waals surface area (Å²) in [5, 5.41) is 28.4. The number of fused-ring (bicyclic) bond motifs is 6. The molecular formula is C52H66FN7O8. The second kappa shape index (κ2) is 20.3. The Hall–Kier alpha value is -5.94. The van der Waals surface area contributed by atoms with Gasteiger partial charge in [0.05, 0.1) is 42.8 Å². The molecule has 4 amide bonds. The van der Waals surface area contributed by atoms with Crippen LogP contribution in [0.2, 0.25) is 0 Å². The number of carbonyl (C=O) groups excluding carboxylic acids is 4. The van der Waals surface area contributed by atoms with Crippen LogP contribution in [0, 0.1) is 23.1 Å². The molecule has 15 nitrogen and oxygen atoms in total. The lowest BCUT2D eigenvalue weighted by molar-refractivity contribution is -0.166. The third kappa shape index (κ3) is 10.1. The van der Waals surface area contributed by atoms with Crippen molar-refractivity contribution in [3.05, 3.63) is 96.6 Å². The fourth-order valence-corrected chi connectivity index (χ4v) is 10.3. The molecule has 2 fully saturated rings. The number of methoxy groups -OCH3 is 1. The monoisotopic (exact) mass is 935 g/mol. The van der Waals surface area contributed by atoms with Gasteiger partial charge in [0.1, 0.15) is 23.1 Å². The summed E-state index contributed by atoms with van der Waals surface area (Å²) in [6, 6.07) is 10.8. The SMILES string of the molecule is C=CC(=O)N1CC[C@H](C(=O)N(C)[C@H](C(=O)N[C@@]2(C=C)Cc3cc(O)cc(c3)-c3ccc4c(c3)c(c(-c3cc(F)cnc3COC)n4CC)CC(C)(C)COC(O)[C@@H]3CCCN(N3)C2=O)C(C)C)C1. The first-order valence-electron chi connectivity index (χ1n) is 23.5. The summed E-state index contributed by atoms with van der Waals surface area (Å²) < 4.78 is 29.1. The molecule has 4 aromatic rings. The molecule has 68 heavy (non-hydrogen) atoms. The summed E-state index contributed by atoms with van der Waals surface area (Å²) in [6.07, 6.45) is 4.14. The first kappa shape index (κ1) is 50.0. The normalized spacial score (nSPS) is 22.4. The van der Waals surface area contributed by atoms with Crippen molar-refractivity contribution in [1.29, 1.82) is 0 Å². The number of phenolic OH excluding ortho intramolecular Hbond substituents is 1. The molecule has 2 saturated heterocycles. The number of rotatable bonds is 11. The molecule has 7 rings (SSSR count). The first-order valence-corrected chi connectivity index (χ1v) is 23.5. The van der Waals surface area contributed by atoms with E-state index in [0.29, 0.717) is 61.2 Å². The first-order chi connectivity index (χ1) is 32.3. The van der Waals surface area contributed by atoms with Crippen molar-refractivity contribution in [2.24, 2.45) is 17.3 Å². The van der Waals surface area contributed by atoms with E-state index in [9.17, 15) is 24.6 Å². The molecular weight excluding hydrogens is 870 g/mol. The van der Waals surface area contributed by atoms with Gasteiger partial charge in [0.2, 0.25) is 17.7 Å². The number of aryl methyl sites for hydroxylation is 1. The Morgan fingerprint density at radius 3 is 2.56 bits per heavy atom. The zero-order chi connectivity index (χ0) is 49.2. The number of amides is 4. The highest BCUT2D eigenvalue weighted by Crippen LogP contribution is 2.42. The number of hydrazine groups is 1. The average Bonchev–Trinajstić information content (AvgIpc) is 3.92. The minimum Gasteiger partial charge on any atom is -0.508 e. The number of pyridine rings is 1. The summed E-state index contributed by atoms with van der Waals surface area (Å²) in [5.41, 5.74) is 6.41. The maximum Gasteiger partial charge on any atom is 0.266 e. The third-order valence-corrected chi connectivity index (χ3v) is 13.6. The molecule has 3 aliphatic heterocycles. The number of ether oxygens (including phenoxy) is 2. The maximum atomic E-state index is 15.2. The van der Waals surface area contributed by atoms with Crippen LogP contribution >= 0.6 is 0 Å². The summed E-state index contributed by atoms with van der Waals surface area (Å²) in [6.45, 7) is 19.0. The van der Waals surface area contributed by atoms with Crippen LogP contribution in [0.25, 0.3) is 33.3 Å². The van der Waals surface area contributed by atoms with Gasteiger partial charge in [-0.3, -0.25) is 29.2 Å². The molecule has 16 heteroatoms. The number of aliphatic hydroxyl groups excluding tert-OH is 1. The van der Waals surface area contributed by atoms with E-state index in [-0.39, 0.29) is 50.3 Å². The second-order valence-corrected chi connectivity index (χ2v) is 19.6. The lowest BCUT2D eigenvalue weighted by Gasteiger charge is -2.42. The van der Waals surface area contributed by atoms with Gasteiger partial charge >= 0.3 is 0 Å². The quantitative estimate of drug-likeness (QED) is 0.105. The number of carbonyl (C=O) groups is 4. The van der Waals surface area contributed by atoms with E-state index in [1.165, 1.54) is 34.3 Å². The van der Waals surface area contributed by atoms with E-state index >= 15 is 9.18 Å². The van der Waals surface area contributed by atoms with Crippen molar-refractivity contribution in [2.75, 3.05) is 40.4 Å². The Balaban J connectivity index is 1.35. The number of phenols is 1. The lowest BCUT2D eigenvalue weighted by atomic mass is 9.84. The average molecular weight is 936 g/mol. The zero-order valence-corrected chi connectivity index (χ0v) is 40.3. The summed E-state index contributed by atoms with van der Waals surface area (Å²) in [4.78, 5) is 63.8. The fraction of sp³-hybridized carbons (Fsp3) is 0.481. The largest absolute Gasteiger partial charge is 0.508 e. The Morgan fingerprint density at radius 1 is 1.10 bits per heavy atom. The molecule has 3 aliphatic rings. The molecule has 2 aromatic heterocycles. The van der Waals surface area contributed by atoms with Crippen LogP contribution in [0.3, 0.4) is 0 Å². The van der Waals surface area contributed by atoms with Crippen LogP contribution in [-0.4, -0.2) is 123 Å². The van der Waals surface area contributed by atoms with Crippen LogP contribution in [0.15, 0.2) is 74.0 Å². The van der Waals surface area contributed by atoms with Crippen LogP contribution in [-0.2, 0) is 54.6 Å². The van der Waals surface area contributed by atoms with E-state index in [1.807, 2.05) is 58.9 Å². The van der Waals surface area contributed by atoms with Crippen molar-refractivity contribution in [3.8, 4) is 28.1 Å². The number of hydrogen-bond donors (Lipinski definition) is 4. The molecule has 5 atom stereocenters. The molecule has 364 valence electrons. The van der Waals surface area contributed by atoms with Gasteiger partial charge in [0.15, 0.2) is 6.29 Å². The molecule has 0 saturated carbocycles. The van der Waals surface area contributed by atoms with E-state index < -0.39 is 58.8 Å². The number of nitrogens with one attached hydrogen (secondary N) is 2. The van der Waals surface area contributed by atoms with Crippen LogP contribution in [0.1, 0.15) is 70.7 Å². The number of likely N-dealkylation sites (N-methyl/N-ethyl adjacent to an activating group) is 1. The molecule has 4 N–H and O–H groups in total. The Bertz CT molecular complexity index is 2590. The molecule has 0 radical (unpaired) electrons. The van der Waals surface area contributed by atoms with E-state index in [0.717, 1.165) is 27.7 Å². The maximum absolute atomic E-state index is 15.2. The lowest BCUT2D eigenvalue weighted by Crippen LogP contribution is -2.68. The highest BCUT2D eigenvalue weighted by Gasteiger charge is 2.46. The van der Waals surface area contributed by atoms with E-state index in [1.54, 1.807) is 31.2 Å². The van der Waals surface area contributed by atoms with E-state index in [2.05, 4.69) is 33.5 Å². The molecule has 2 aromatic carbocycles. The van der Waals surface area contributed by atoms with Gasteiger partial charge in [-0.1, -0.05) is 52.5 Å². The van der Waals surface area contributed by atoms with Crippen molar-refractivity contribution in [2.45, 2.75) is 104 Å². The Labute approximate surface area is 397 Å². The minimum atomic E-state index is -1.84. The molecule has 1 unspecified atom stereocenters. The standard InChI is InChI=1S/C52H66FN7O8/c1-10-44(62)58-19-17-34(28-58)48(64)57(8)45(31(4)5)47(63)55-52(11-2)25-32-20-35(22-37(61)21-32)33-15-16-43-38(23-33)40(46(59(43)12-3)39-24-36(53)27-54-42(39)29-67-9)26-51(6,7)30-68-49(65)41-14-13-18-60(56-41)50(52)66/h10-11,15-16,20-24,27,31,34,41,45,49,56,61,65H,1-2,12-14,17-19,25-26,28-30H2,3-9H3,(H,55,63)/t34-,41-,45-,49?,52-/m0/s1. The number of aromatic hydroxyl groups is 1. The third-order valence-electron chi connectivity index (χ3n) is 13.6. The van der Waals surface area contributed by atoms with Crippen molar-refractivity contribution in [1.82, 2.24) is 35.1 Å². The molecule has 0 aliphatic carbocycles. The zero-order valence-electron chi connectivity index (χ0n) is 40.3. The smallest absolute Gasteiger partial charge is 0.266 e. The van der Waals surface area contributed by atoms with E-state index in [4.69, 9.17) is 9.47 Å². The highest BCUT2D eigenvalue weighted by molar-refractivity contribution is 5.98. The Morgan fingerprint density at radius 2 is 1.87 bits per heavy atom. The minimum absolute atomic E-state index is 0.0747. The van der Waals surface area contributed by atoms with Gasteiger partial charge in [-0.2, -0.15) is 0 Å². The van der Waals surface area contributed by atoms with Crippen LogP contribution < -0.4 is 10.7 Å². The summed E-state index contributed by atoms with van der Waals surface area (Å²) in [5.74, 6) is -3.23. The summed E-state index contributed by atoms with van der Waals surface area (Å²) >= 11 is 0. The van der Waals surface area contributed by atoms with Gasteiger partial charge in [0, 0.05) is 63.2 Å². The predicted molar refractivity (Wildman–Crippen MR) is 257 cm³/mol. The van der Waals surface area contributed by atoms with Crippen molar-refractivity contribution in [3.63, 3.8) is 0 Å². The Kier molecular flexibility index (Phi) is 14.9. The van der Waals surface area contributed by atoms with Gasteiger partial charge in [-0.15, -0.1) is 6.58 Å². The number of nitrogens with zero attached hydrogens (tertiary/aromatic N) is 5. The number of hydrogen-bond acceptors (Lipinski definition) is 10. The highest BCUT2D eigenvalue weighted by atomic mass is 19.1. The number of aromatic nitrogens is 2. The van der Waals surface area contributed by atoms with Crippen LogP contribution in [0.5, 0.6) is 5.75 Å². The van der Waals surface area contributed by atoms with Gasteiger partial charge in [0.25, 0.3) is 5.91 Å². The number of likely N-dealkylation sites (tertiary alicyclic amines) is 1. The van der Waals surface area contributed by atoms with Crippen molar-refractivity contribution >= 4 is 34.5 Å². The van der Waals surface area contributed by atoms with Crippen molar-refractivity contribution < 1.29 is 43.3 Å². The number of benzene rings is 2. The van der Waals surface area contributed by atoms with Gasteiger partial charge in [-0.25, -0.2) is 9.82 Å². The fourth-order valence-electron chi connectivity index (χ4n) is 10.3. The molecule has 5 heterocycles. The molecule has 0 spiro atoms. The topological polar surface area (TPSA) is 179 Å². The van der Waals surface area contributed by atoms with Crippen LogP contribution in [0.4, 0.5) is 4.39 Å². The number of halogens is 1.